The lowest BCUT2D eigenvalue weighted by molar-refractivity contribution is 0.645. The van der Waals surface area contributed by atoms with Gasteiger partial charge in [0.15, 0.2) is 5.82 Å². The highest BCUT2D eigenvalue weighted by atomic mass is 15.1. The third-order valence-electron chi connectivity index (χ3n) is 5.12. The molecule has 0 spiro atoms. The van der Waals surface area contributed by atoms with Crippen LogP contribution in [0.25, 0.3) is 21.9 Å². The molecule has 0 aliphatic carbocycles. The molecule has 0 bridgehead atoms. The fraction of sp³-hybridized carbons (Fsp3) is 0.478. The number of aromatic nitrogens is 3. The van der Waals surface area contributed by atoms with E-state index in [2.05, 4.69) is 53.0 Å². The zero-order chi connectivity index (χ0) is 19.8. The number of para-hydroxylation sites is 1. The van der Waals surface area contributed by atoms with Crippen LogP contribution in [-0.2, 0) is 13.0 Å². The third kappa shape index (κ3) is 4.71. The molecule has 0 fully saturated rings. The van der Waals surface area contributed by atoms with Gasteiger partial charge < -0.3 is 15.6 Å². The van der Waals surface area contributed by atoms with Gasteiger partial charge in [-0.15, -0.1) is 0 Å². The number of anilines is 1. The summed E-state index contributed by atoms with van der Waals surface area (Å²) in [4.78, 5) is 9.43. The molecular formula is C23H33N5. The van der Waals surface area contributed by atoms with Crippen molar-refractivity contribution in [1.29, 1.82) is 0 Å². The molecule has 3 rings (SSSR count). The van der Waals surface area contributed by atoms with Crippen molar-refractivity contribution in [3.05, 3.63) is 42.2 Å². The first kappa shape index (κ1) is 20.3. The second-order valence-electron chi connectivity index (χ2n) is 7.34. The fourth-order valence-corrected chi connectivity index (χ4v) is 3.58. The number of aryl methyl sites for hydroxylation is 1. The summed E-state index contributed by atoms with van der Waals surface area (Å²) in [5.74, 6) is 1.62. The average Bonchev–Trinajstić information content (AvgIpc) is 3.08. The van der Waals surface area contributed by atoms with E-state index in [9.17, 15) is 0 Å². The van der Waals surface area contributed by atoms with Crippen molar-refractivity contribution in [2.24, 2.45) is 0 Å². The van der Waals surface area contributed by atoms with Crippen molar-refractivity contribution in [3.8, 4) is 0 Å². The Hall–Kier alpha value is -2.40. The molecule has 0 aliphatic rings. The summed E-state index contributed by atoms with van der Waals surface area (Å²) in [6.07, 6.45) is 11.5. The second-order valence-corrected chi connectivity index (χ2v) is 7.34. The highest BCUT2D eigenvalue weighted by Gasteiger charge is 2.16. The van der Waals surface area contributed by atoms with Crippen LogP contribution in [0.1, 0.15) is 51.8 Å². The quantitative estimate of drug-likeness (QED) is 0.369. The molecule has 0 saturated heterocycles. The lowest BCUT2D eigenvalue weighted by Gasteiger charge is -2.09. The molecule has 28 heavy (non-hydrogen) atoms. The second kappa shape index (κ2) is 10.2. The zero-order valence-corrected chi connectivity index (χ0v) is 17.2. The molecule has 0 aliphatic heterocycles. The van der Waals surface area contributed by atoms with Gasteiger partial charge in [0.2, 0.25) is 0 Å². The van der Waals surface area contributed by atoms with Gasteiger partial charge in [0.25, 0.3) is 0 Å². The van der Waals surface area contributed by atoms with Gasteiger partial charge in [-0.2, -0.15) is 0 Å². The highest BCUT2D eigenvalue weighted by Crippen LogP contribution is 2.29. The average molecular weight is 380 g/mol. The van der Waals surface area contributed by atoms with Gasteiger partial charge in [0.1, 0.15) is 11.3 Å². The summed E-state index contributed by atoms with van der Waals surface area (Å²) in [5, 5.41) is 4.60. The first-order valence-corrected chi connectivity index (χ1v) is 10.6. The van der Waals surface area contributed by atoms with E-state index in [1.165, 1.54) is 19.3 Å². The van der Waals surface area contributed by atoms with Crippen molar-refractivity contribution in [1.82, 2.24) is 19.9 Å². The number of rotatable bonds is 11. The summed E-state index contributed by atoms with van der Waals surface area (Å²) < 4.78 is 2.32. The number of hydrogen-bond acceptors (Lipinski definition) is 4. The van der Waals surface area contributed by atoms with Crippen molar-refractivity contribution in [3.63, 3.8) is 0 Å². The Morgan fingerprint density at radius 1 is 1.04 bits per heavy atom. The van der Waals surface area contributed by atoms with E-state index in [1.54, 1.807) is 0 Å². The van der Waals surface area contributed by atoms with Crippen LogP contribution in [0.15, 0.2) is 36.4 Å². The van der Waals surface area contributed by atoms with E-state index >= 15 is 0 Å². The normalized spacial score (nSPS) is 11.9. The number of nitrogen functional groups attached to an aromatic ring is 1. The predicted molar refractivity (Wildman–Crippen MR) is 120 cm³/mol. The Balaban J connectivity index is 1.86. The smallest absolute Gasteiger partial charge is 0.152 e. The minimum Gasteiger partial charge on any atom is -0.382 e. The van der Waals surface area contributed by atoms with E-state index in [1.807, 2.05) is 12.1 Å². The van der Waals surface area contributed by atoms with Gasteiger partial charge in [-0.25, -0.2) is 9.97 Å². The van der Waals surface area contributed by atoms with Crippen LogP contribution in [0, 0.1) is 0 Å². The molecular weight excluding hydrogens is 346 g/mol. The largest absolute Gasteiger partial charge is 0.382 e. The van der Waals surface area contributed by atoms with Crippen LogP contribution in [0.2, 0.25) is 0 Å². The predicted octanol–water partition coefficient (Wildman–Crippen LogP) is 4.85. The van der Waals surface area contributed by atoms with E-state index in [0.29, 0.717) is 5.82 Å². The summed E-state index contributed by atoms with van der Waals surface area (Å²) in [5.41, 5.74) is 9.12. The van der Waals surface area contributed by atoms with Crippen LogP contribution >= 0.6 is 0 Å². The summed E-state index contributed by atoms with van der Waals surface area (Å²) in [6, 6.07) is 8.19. The number of nitrogens with one attached hydrogen (secondary N) is 1. The van der Waals surface area contributed by atoms with Crippen LogP contribution in [0.4, 0.5) is 5.82 Å². The van der Waals surface area contributed by atoms with Crippen molar-refractivity contribution >= 4 is 27.8 Å². The molecule has 0 atom stereocenters. The maximum Gasteiger partial charge on any atom is 0.152 e. The van der Waals surface area contributed by atoms with Gasteiger partial charge in [-0.3, -0.25) is 0 Å². The molecule has 5 nitrogen and oxygen atoms in total. The fourth-order valence-electron chi connectivity index (χ4n) is 3.58. The Morgan fingerprint density at radius 2 is 1.86 bits per heavy atom. The molecule has 2 aromatic heterocycles. The number of hydrogen-bond donors (Lipinski definition) is 2. The lowest BCUT2D eigenvalue weighted by atomic mass is 10.2. The third-order valence-corrected chi connectivity index (χ3v) is 5.12. The summed E-state index contributed by atoms with van der Waals surface area (Å²) >= 11 is 0. The molecule has 0 saturated carbocycles. The minimum atomic E-state index is 0.520. The number of allylic oxidation sites excluding steroid dienone is 1. The van der Waals surface area contributed by atoms with E-state index in [0.717, 1.165) is 66.7 Å². The Bertz CT molecular complexity index is 926. The van der Waals surface area contributed by atoms with Crippen molar-refractivity contribution in [2.45, 2.75) is 58.9 Å². The molecule has 5 heteroatoms. The molecule has 0 amide bonds. The van der Waals surface area contributed by atoms with Crippen LogP contribution in [0.5, 0.6) is 0 Å². The van der Waals surface area contributed by atoms with Gasteiger partial charge in [-0.1, -0.05) is 63.5 Å². The van der Waals surface area contributed by atoms with E-state index < -0.39 is 0 Å². The van der Waals surface area contributed by atoms with Crippen molar-refractivity contribution < 1.29 is 0 Å². The number of unbranched alkanes of at least 4 members (excludes halogenated alkanes) is 3. The Morgan fingerprint density at radius 3 is 2.68 bits per heavy atom. The molecule has 0 unspecified atom stereocenters. The molecule has 3 aromatic rings. The van der Waals surface area contributed by atoms with E-state index in [4.69, 9.17) is 10.7 Å². The molecule has 0 radical (unpaired) electrons. The van der Waals surface area contributed by atoms with Gasteiger partial charge in [-0.05, 0) is 25.5 Å². The summed E-state index contributed by atoms with van der Waals surface area (Å²) in [7, 11) is 0. The molecule has 3 N–H and O–H groups in total. The van der Waals surface area contributed by atoms with Gasteiger partial charge in [0.05, 0.1) is 11.0 Å². The van der Waals surface area contributed by atoms with Gasteiger partial charge in [0, 0.05) is 24.9 Å². The molecule has 2 heterocycles. The van der Waals surface area contributed by atoms with Crippen LogP contribution in [-0.4, -0.2) is 27.6 Å². The maximum atomic E-state index is 6.25. The summed E-state index contributed by atoms with van der Waals surface area (Å²) in [6.45, 7) is 7.24. The van der Waals surface area contributed by atoms with E-state index in [-0.39, 0.29) is 0 Å². The Kier molecular flexibility index (Phi) is 7.43. The zero-order valence-electron chi connectivity index (χ0n) is 17.2. The van der Waals surface area contributed by atoms with Crippen LogP contribution in [0.3, 0.4) is 0 Å². The first-order chi connectivity index (χ1) is 13.8. The number of nitrogens with zero attached hydrogens (tertiary/aromatic N) is 3. The number of nitrogens with two attached hydrogens (primary N) is 1. The number of imidazole rings is 1. The first-order valence-electron chi connectivity index (χ1n) is 10.6. The number of fused-ring (bicyclic) bond motifs is 3. The number of pyridine rings is 1. The lowest BCUT2D eigenvalue weighted by Crippen LogP contribution is -2.15. The van der Waals surface area contributed by atoms with Crippen molar-refractivity contribution in [2.75, 3.05) is 18.8 Å². The standard InChI is InChI=1S/C23H33N5/c1-3-5-9-15-25-16-10-11-17-28-20(14-6-4-2)27-21-22(28)18-12-7-8-13-19(18)26-23(21)24/h7-8,10-13,25H,3-6,9,14-17H2,1-2H3,(H2,24,26)/b11-10+. The highest BCUT2D eigenvalue weighted by molar-refractivity contribution is 6.06. The maximum absolute atomic E-state index is 6.25. The Labute approximate surface area is 168 Å². The molecule has 1 aromatic carbocycles. The SMILES string of the molecule is CCCCCNC/C=C/Cn1c(CCCC)nc2c(N)nc3ccccc3c21. The minimum absolute atomic E-state index is 0.520. The van der Waals surface area contributed by atoms with Crippen LogP contribution < -0.4 is 11.1 Å². The molecule has 150 valence electrons. The topological polar surface area (TPSA) is 68.8 Å². The monoisotopic (exact) mass is 379 g/mol. The van der Waals surface area contributed by atoms with Gasteiger partial charge >= 0.3 is 0 Å². The number of benzene rings is 1.